The molecule has 1 fully saturated rings. The molecule has 0 N–H and O–H groups in total. The third-order valence-corrected chi connectivity index (χ3v) is 3.91. The van der Waals surface area contributed by atoms with E-state index in [4.69, 9.17) is 0 Å². The topological polar surface area (TPSA) is 57.7 Å². The lowest BCUT2D eigenvalue weighted by Gasteiger charge is -2.37. The van der Waals surface area contributed by atoms with Crippen molar-refractivity contribution < 1.29 is 14.4 Å². The summed E-state index contributed by atoms with van der Waals surface area (Å²) < 4.78 is 0. The molecule has 0 spiro atoms. The zero-order chi connectivity index (χ0) is 15.8. The molecule has 0 saturated carbocycles. The van der Waals surface area contributed by atoms with Crippen molar-refractivity contribution in [3.8, 4) is 0 Å². The largest absolute Gasteiger partial charge is 0.333 e. The van der Waals surface area contributed by atoms with Gasteiger partial charge in [-0.05, 0) is 19.3 Å². The third kappa shape index (κ3) is 4.29. The summed E-state index contributed by atoms with van der Waals surface area (Å²) in [7, 11) is 0. The molecule has 4 amide bonds. The van der Waals surface area contributed by atoms with E-state index in [2.05, 4.69) is 0 Å². The van der Waals surface area contributed by atoms with E-state index in [-0.39, 0.29) is 11.8 Å². The van der Waals surface area contributed by atoms with Crippen molar-refractivity contribution in [3.63, 3.8) is 0 Å². The van der Waals surface area contributed by atoms with E-state index in [1.54, 1.807) is 0 Å². The molecule has 0 aromatic rings. The first-order chi connectivity index (χ1) is 10.1. The highest BCUT2D eigenvalue weighted by Crippen LogP contribution is 2.23. The molecule has 1 aliphatic rings. The van der Waals surface area contributed by atoms with Gasteiger partial charge in [0, 0.05) is 13.1 Å². The predicted molar refractivity (Wildman–Crippen MR) is 81.7 cm³/mol. The molecule has 5 heteroatoms. The number of urea groups is 1. The van der Waals surface area contributed by atoms with Crippen molar-refractivity contribution in [1.29, 1.82) is 0 Å². The smallest absolute Gasteiger partial charge is 0.273 e. The standard InChI is InChI=1S/C16H28N2O3/c1-4-7-10-13-14(19)17(11-8-5-2)16(21)18(15(13)20)12-9-6-3/h13H,4-12H2,1-3H3. The Bertz CT molecular complexity index is 307. The molecule has 1 rings (SSSR count). The van der Waals surface area contributed by atoms with E-state index in [0.29, 0.717) is 19.5 Å². The molecule has 1 aliphatic heterocycles. The zero-order valence-electron chi connectivity index (χ0n) is 13.6. The Morgan fingerprint density at radius 1 is 0.762 bits per heavy atom. The fourth-order valence-electron chi connectivity index (χ4n) is 2.52. The molecule has 1 heterocycles. The van der Waals surface area contributed by atoms with Gasteiger partial charge in [0.15, 0.2) is 0 Å². The average Bonchev–Trinajstić information content (AvgIpc) is 2.47. The molecule has 0 aromatic carbocycles. The lowest BCUT2D eigenvalue weighted by Crippen LogP contribution is -2.60. The number of barbiturate groups is 1. The minimum atomic E-state index is -0.656. The van der Waals surface area contributed by atoms with Crippen molar-refractivity contribution in [2.45, 2.75) is 65.7 Å². The molecule has 120 valence electrons. The number of carbonyl (C=O) groups is 3. The number of unbranched alkanes of at least 4 members (excludes halogenated alkanes) is 3. The second kappa shape index (κ2) is 8.80. The molecule has 0 radical (unpaired) electrons. The first-order valence-electron chi connectivity index (χ1n) is 8.25. The maximum atomic E-state index is 12.4. The van der Waals surface area contributed by atoms with Gasteiger partial charge in [0.2, 0.25) is 11.8 Å². The van der Waals surface area contributed by atoms with Gasteiger partial charge in [-0.25, -0.2) is 4.79 Å². The third-order valence-electron chi connectivity index (χ3n) is 3.91. The van der Waals surface area contributed by atoms with Crippen LogP contribution in [0.1, 0.15) is 65.7 Å². The minimum absolute atomic E-state index is 0.292. The number of carbonyl (C=O) groups excluding carboxylic acids is 3. The Labute approximate surface area is 127 Å². The number of amides is 4. The van der Waals surface area contributed by atoms with Crippen LogP contribution in [-0.4, -0.2) is 40.7 Å². The minimum Gasteiger partial charge on any atom is -0.273 e. The van der Waals surface area contributed by atoms with Crippen molar-refractivity contribution in [1.82, 2.24) is 9.80 Å². The van der Waals surface area contributed by atoms with Crippen molar-refractivity contribution >= 4 is 17.8 Å². The highest BCUT2D eigenvalue weighted by atomic mass is 16.2. The summed E-state index contributed by atoms with van der Waals surface area (Å²) in [5.74, 6) is -1.24. The van der Waals surface area contributed by atoms with Gasteiger partial charge in [0.05, 0.1) is 0 Å². The number of hydrogen-bond acceptors (Lipinski definition) is 3. The van der Waals surface area contributed by atoms with Gasteiger partial charge in [0.25, 0.3) is 0 Å². The lowest BCUT2D eigenvalue weighted by molar-refractivity contribution is -0.149. The van der Waals surface area contributed by atoms with Crippen molar-refractivity contribution in [2.75, 3.05) is 13.1 Å². The van der Waals surface area contributed by atoms with Gasteiger partial charge < -0.3 is 0 Å². The molecule has 0 aliphatic carbocycles. The van der Waals surface area contributed by atoms with Gasteiger partial charge in [-0.3, -0.25) is 19.4 Å². The molecule has 0 unspecified atom stereocenters. The SMILES string of the molecule is CCCCC1C(=O)N(CCCC)C(=O)N(CCCC)C1=O. The van der Waals surface area contributed by atoms with Crippen molar-refractivity contribution in [3.05, 3.63) is 0 Å². The maximum Gasteiger partial charge on any atom is 0.333 e. The summed E-state index contributed by atoms with van der Waals surface area (Å²) >= 11 is 0. The van der Waals surface area contributed by atoms with Crippen LogP contribution in [0, 0.1) is 5.92 Å². The number of hydrogen-bond donors (Lipinski definition) is 0. The summed E-state index contributed by atoms with van der Waals surface area (Å²) in [6, 6.07) is -0.417. The van der Waals surface area contributed by atoms with E-state index in [9.17, 15) is 14.4 Å². The number of imide groups is 2. The van der Waals surface area contributed by atoms with Crippen LogP contribution in [0.4, 0.5) is 4.79 Å². The molecule has 0 atom stereocenters. The monoisotopic (exact) mass is 296 g/mol. The summed E-state index contributed by atoms with van der Waals surface area (Å²) in [4.78, 5) is 39.8. The predicted octanol–water partition coefficient (Wildman–Crippen LogP) is 3.18. The fraction of sp³-hybridized carbons (Fsp3) is 0.812. The van der Waals surface area contributed by atoms with E-state index in [1.807, 2.05) is 20.8 Å². The first kappa shape index (κ1) is 17.7. The van der Waals surface area contributed by atoms with Crippen LogP contribution in [0.3, 0.4) is 0 Å². The lowest BCUT2D eigenvalue weighted by atomic mass is 9.96. The van der Waals surface area contributed by atoms with Crippen LogP contribution in [-0.2, 0) is 9.59 Å². The molecule has 5 nitrogen and oxygen atoms in total. The quantitative estimate of drug-likeness (QED) is 0.614. The van der Waals surface area contributed by atoms with Gasteiger partial charge >= 0.3 is 6.03 Å². The Morgan fingerprint density at radius 2 is 1.19 bits per heavy atom. The normalized spacial score (nSPS) is 17.0. The average molecular weight is 296 g/mol. The van der Waals surface area contributed by atoms with E-state index >= 15 is 0 Å². The molecule has 1 saturated heterocycles. The molecular weight excluding hydrogens is 268 g/mol. The Balaban J connectivity index is 2.90. The Kier molecular flexibility index (Phi) is 7.40. The zero-order valence-corrected chi connectivity index (χ0v) is 13.6. The van der Waals surface area contributed by atoms with Crippen LogP contribution in [0.2, 0.25) is 0 Å². The van der Waals surface area contributed by atoms with Crippen LogP contribution < -0.4 is 0 Å². The van der Waals surface area contributed by atoms with Gasteiger partial charge in [-0.15, -0.1) is 0 Å². The maximum absolute atomic E-state index is 12.4. The van der Waals surface area contributed by atoms with Gasteiger partial charge in [0.1, 0.15) is 5.92 Å². The van der Waals surface area contributed by atoms with Gasteiger partial charge in [-0.1, -0.05) is 46.5 Å². The Morgan fingerprint density at radius 3 is 1.57 bits per heavy atom. The number of rotatable bonds is 9. The van der Waals surface area contributed by atoms with E-state index < -0.39 is 11.9 Å². The van der Waals surface area contributed by atoms with Gasteiger partial charge in [-0.2, -0.15) is 0 Å². The molecule has 0 aromatic heterocycles. The molecule has 0 bridgehead atoms. The summed E-state index contributed by atoms with van der Waals surface area (Å²) in [6.07, 6.45) is 5.72. The highest BCUT2D eigenvalue weighted by molar-refractivity contribution is 6.16. The summed E-state index contributed by atoms with van der Waals surface area (Å²) in [5, 5.41) is 0. The van der Waals surface area contributed by atoms with E-state index in [0.717, 1.165) is 38.5 Å². The summed E-state index contributed by atoms with van der Waals surface area (Å²) in [6.45, 7) is 6.92. The van der Waals surface area contributed by atoms with E-state index in [1.165, 1.54) is 9.80 Å². The van der Waals surface area contributed by atoms with Crippen LogP contribution >= 0.6 is 0 Å². The molecular formula is C16H28N2O3. The highest BCUT2D eigenvalue weighted by Gasteiger charge is 2.44. The van der Waals surface area contributed by atoms with Crippen molar-refractivity contribution in [2.24, 2.45) is 5.92 Å². The van der Waals surface area contributed by atoms with Crippen LogP contribution in [0.5, 0.6) is 0 Å². The number of nitrogens with zero attached hydrogens (tertiary/aromatic N) is 2. The second-order valence-corrected chi connectivity index (χ2v) is 5.66. The second-order valence-electron chi connectivity index (χ2n) is 5.66. The van der Waals surface area contributed by atoms with Crippen LogP contribution in [0.15, 0.2) is 0 Å². The molecule has 21 heavy (non-hydrogen) atoms. The van der Waals surface area contributed by atoms with Crippen LogP contribution in [0.25, 0.3) is 0 Å². The Hall–Kier alpha value is -1.39. The first-order valence-corrected chi connectivity index (χ1v) is 8.25. The summed E-state index contributed by atoms with van der Waals surface area (Å²) in [5.41, 5.74) is 0. The fourth-order valence-corrected chi connectivity index (χ4v) is 2.52.